The number of anilines is 1. The van der Waals surface area contributed by atoms with Crippen LogP contribution in [0.4, 0.5) is 14.9 Å². The number of carboxylic acid groups (broad SMARTS) is 1. The molecule has 0 spiro atoms. The van der Waals surface area contributed by atoms with Gasteiger partial charge < -0.3 is 21.1 Å². The van der Waals surface area contributed by atoms with E-state index in [4.69, 9.17) is 5.11 Å². The molecule has 0 saturated heterocycles. The molecule has 0 bridgehead atoms. The number of benzene rings is 1. The minimum Gasteiger partial charge on any atom is -0.478 e. The summed E-state index contributed by atoms with van der Waals surface area (Å²) < 4.78 is 13.3. The minimum absolute atomic E-state index is 0.144. The van der Waals surface area contributed by atoms with Crippen LogP contribution < -0.4 is 16.0 Å². The van der Waals surface area contributed by atoms with Crippen LogP contribution in [0, 0.1) is 5.82 Å². The molecule has 0 aliphatic heterocycles. The van der Waals surface area contributed by atoms with E-state index in [1.807, 2.05) is 0 Å². The number of rotatable bonds is 5. The Hall–Kier alpha value is -2.64. The Labute approximate surface area is 114 Å². The van der Waals surface area contributed by atoms with Crippen molar-refractivity contribution >= 4 is 23.6 Å². The summed E-state index contributed by atoms with van der Waals surface area (Å²) in [5.41, 5.74) is -0.751. The van der Waals surface area contributed by atoms with E-state index < -0.39 is 23.4 Å². The highest BCUT2D eigenvalue weighted by Gasteiger charge is 2.16. The summed E-state index contributed by atoms with van der Waals surface area (Å²) in [6.45, 7) is 1.73. The highest BCUT2D eigenvalue weighted by Crippen LogP contribution is 2.18. The summed E-state index contributed by atoms with van der Waals surface area (Å²) in [5.74, 6) is -2.64. The van der Waals surface area contributed by atoms with Gasteiger partial charge in [0.05, 0.1) is 5.69 Å². The molecule has 108 valence electrons. The molecule has 0 aliphatic rings. The topological polar surface area (TPSA) is 108 Å². The van der Waals surface area contributed by atoms with Gasteiger partial charge >= 0.3 is 12.0 Å². The molecule has 0 aliphatic carbocycles. The van der Waals surface area contributed by atoms with E-state index in [9.17, 15) is 18.8 Å². The van der Waals surface area contributed by atoms with E-state index in [2.05, 4.69) is 16.0 Å². The largest absolute Gasteiger partial charge is 0.478 e. The molecule has 3 amide bonds. The van der Waals surface area contributed by atoms with Crippen molar-refractivity contribution < 1.29 is 23.9 Å². The lowest BCUT2D eigenvalue weighted by atomic mass is 10.1. The van der Waals surface area contributed by atoms with Crippen molar-refractivity contribution in [2.75, 3.05) is 18.4 Å². The Morgan fingerprint density at radius 1 is 1.20 bits per heavy atom. The van der Waals surface area contributed by atoms with Crippen molar-refractivity contribution in [3.63, 3.8) is 0 Å². The number of nitrogens with one attached hydrogen (secondary N) is 3. The third-order valence-corrected chi connectivity index (χ3v) is 2.26. The van der Waals surface area contributed by atoms with E-state index in [-0.39, 0.29) is 24.7 Å². The van der Waals surface area contributed by atoms with Crippen LogP contribution in [0.2, 0.25) is 0 Å². The fourth-order valence-electron chi connectivity index (χ4n) is 1.43. The second kappa shape index (κ2) is 7.07. The Morgan fingerprint density at radius 3 is 2.45 bits per heavy atom. The molecule has 1 aromatic carbocycles. The summed E-state index contributed by atoms with van der Waals surface area (Å²) in [7, 11) is 0. The first-order valence-corrected chi connectivity index (χ1v) is 5.73. The Balaban J connectivity index is 2.60. The van der Waals surface area contributed by atoms with Gasteiger partial charge in [0.25, 0.3) is 0 Å². The predicted octanol–water partition coefficient (Wildman–Crippen LogP) is 0.781. The van der Waals surface area contributed by atoms with Gasteiger partial charge in [-0.15, -0.1) is 0 Å². The van der Waals surface area contributed by atoms with Crippen molar-refractivity contribution in [2.45, 2.75) is 6.92 Å². The first-order chi connectivity index (χ1) is 9.41. The molecule has 20 heavy (non-hydrogen) atoms. The summed E-state index contributed by atoms with van der Waals surface area (Å²) >= 11 is 0. The first kappa shape index (κ1) is 15.4. The standard InChI is InChI=1S/C12H14FN3O4/c1-7(17)14-5-6-15-12(20)16-9-4-2-3-8(13)10(9)11(18)19/h2-4H,5-6H2,1H3,(H,14,17)(H,18,19)(H2,15,16,20). The van der Waals surface area contributed by atoms with E-state index in [0.717, 1.165) is 6.07 Å². The molecule has 4 N–H and O–H groups in total. The molecule has 0 fully saturated rings. The van der Waals surface area contributed by atoms with Gasteiger partial charge in [-0.3, -0.25) is 4.79 Å². The zero-order valence-corrected chi connectivity index (χ0v) is 10.7. The van der Waals surface area contributed by atoms with Crippen LogP contribution in [0.5, 0.6) is 0 Å². The van der Waals surface area contributed by atoms with Crippen LogP contribution in [-0.2, 0) is 4.79 Å². The molecule has 0 saturated carbocycles. The summed E-state index contributed by atoms with van der Waals surface area (Å²) in [6, 6.07) is 2.86. The fourth-order valence-corrected chi connectivity index (χ4v) is 1.43. The monoisotopic (exact) mass is 283 g/mol. The Kier molecular flexibility index (Phi) is 5.45. The Morgan fingerprint density at radius 2 is 1.85 bits per heavy atom. The molecule has 0 heterocycles. The van der Waals surface area contributed by atoms with Crippen LogP contribution in [0.15, 0.2) is 18.2 Å². The zero-order valence-electron chi connectivity index (χ0n) is 10.7. The molecule has 0 unspecified atom stereocenters. The normalized spacial score (nSPS) is 9.70. The molecule has 1 rings (SSSR count). The highest BCUT2D eigenvalue weighted by atomic mass is 19.1. The minimum atomic E-state index is -1.48. The first-order valence-electron chi connectivity index (χ1n) is 5.73. The van der Waals surface area contributed by atoms with Gasteiger partial charge in [-0.05, 0) is 12.1 Å². The second-order valence-corrected chi connectivity index (χ2v) is 3.83. The maximum Gasteiger partial charge on any atom is 0.340 e. The highest BCUT2D eigenvalue weighted by molar-refractivity contribution is 6.00. The molecule has 1 aromatic rings. The molecule has 0 aromatic heterocycles. The van der Waals surface area contributed by atoms with Crippen molar-refractivity contribution in [1.29, 1.82) is 0 Å². The van der Waals surface area contributed by atoms with E-state index in [0.29, 0.717) is 0 Å². The Bertz CT molecular complexity index is 533. The van der Waals surface area contributed by atoms with Crippen LogP contribution in [0.3, 0.4) is 0 Å². The summed E-state index contributed by atoms with van der Waals surface area (Å²) in [6.07, 6.45) is 0. The number of amides is 3. The number of urea groups is 1. The molecule has 8 heteroatoms. The van der Waals surface area contributed by atoms with Gasteiger partial charge in [-0.25, -0.2) is 14.0 Å². The van der Waals surface area contributed by atoms with E-state index in [1.54, 1.807) is 0 Å². The lowest BCUT2D eigenvalue weighted by molar-refractivity contribution is -0.118. The lowest BCUT2D eigenvalue weighted by Gasteiger charge is -2.10. The van der Waals surface area contributed by atoms with Gasteiger partial charge in [-0.2, -0.15) is 0 Å². The number of halogens is 1. The van der Waals surface area contributed by atoms with Crippen LogP contribution in [0.25, 0.3) is 0 Å². The molecular formula is C12H14FN3O4. The average Bonchev–Trinajstić information content (AvgIpc) is 2.34. The third kappa shape index (κ3) is 4.56. The van der Waals surface area contributed by atoms with Crippen molar-refractivity contribution in [1.82, 2.24) is 10.6 Å². The predicted molar refractivity (Wildman–Crippen MR) is 69.1 cm³/mol. The number of carbonyl (C=O) groups is 3. The lowest BCUT2D eigenvalue weighted by Crippen LogP contribution is -2.36. The zero-order chi connectivity index (χ0) is 15.1. The van der Waals surface area contributed by atoms with Crippen molar-refractivity contribution in [2.24, 2.45) is 0 Å². The summed E-state index contributed by atoms with van der Waals surface area (Å²) in [4.78, 5) is 33.0. The van der Waals surface area contributed by atoms with Crippen LogP contribution in [-0.4, -0.2) is 36.1 Å². The fraction of sp³-hybridized carbons (Fsp3) is 0.250. The summed E-state index contributed by atoms with van der Waals surface area (Å²) in [5, 5.41) is 16.0. The molecular weight excluding hydrogens is 269 g/mol. The van der Waals surface area contributed by atoms with Gasteiger partial charge in [0.1, 0.15) is 11.4 Å². The van der Waals surface area contributed by atoms with E-state index in [1.165, 1.54) is 19.1 Å². The molecule has 0 radical (unpaired) electrons. The van der Waals surface area contributed by atoms with Gasteiger partial charge in [0.2, 0.25) is 5.91 Å². The van der Waals surface area contributed by atoms with Gasteiger partial charge in [0, 0.05) is 20.0 Å². The number of carboxylic acids is 1. The molecule has 7 nitrogen and oxygen atoms in total. The van der Waals surface area contributed by atoms with Crippen LogP contribution in [0.1, 0.15) is 17.3 Å². The number of hydrogen-bond donors (Lipinski definition) is 4. The van der Waals surface area contributed by atoms with E-state index >= 15 is 0 Å². The number of aromatic carboxylic acids is 1. The number of hydrogen-bond acceptors (Lipinski definition) is 3. The number of carbonyl (C=O) groups excluding carboxylic acids is 2. The third-order valence-electron chi connectivity index (χ3n) is 2.26. The average molecular weight is 283 g/mol. The quantitative estimate of drug-likeness (QED) is 0.599. The van der Waals surface area contributed by atoms with Gasteiger partial charge in [-0.1, -0.05) is 6.07 Å². The molecule has 0 atom stereocenters. The maximum atomic E-state index is 13.3. The second-order valence-electron chi connectivity index (χ2n) is 3.83. The van der Waals surface area contributed by atoms with Crippen LogP contribution >= 0.6 is 0 Å². The smallest absolute Gasteiger partial charge is 0.340 e. The van der Waals surface area contributed by atoms with Crippen molar-refractivity contribution in [3.8, 4) is 0 Å². The van der Waals surface area contributed by atoms with Crippen molar-refractivity contribution in [3.05, 3.63) is 29.6 Å². The maximum absolute atomic E-state index is 13.3. The SMILES string of the molecule is CC(=O)NCCNC(=O)Nc1cccc(F)c1C(=O)O. The van der Waals surface area contributed by atoms with Gasteiger partial charge in [0.15, 0.2) is 0 Å².